The van der Waals surface area contributed by atoms with E-state index in [4.69, 9.17) is 25.8 Å². The van der Waals surface area contributed by atoms with E-state index in [9.17, 15) is 4.79 Å². The van der Waals surface area contributed by atoms with E-state index in [0.29, 0.717) is 22.7 Å². The van der Waals surface area contributed by atoms with Gasteiger partial charge in [-0.25, -0.2) is 0 Å². The van der Waals surface area contributed by atoms with E-state index in [1.807, 2.05) is 36.4 Å². The van der Waals surface area contributed by atoms with Crippen LogP contribution < -0.4 is 10.1 Å². The SMILES string of the molecule is COc1ccc(C2(CBr)OCC(CSc3ccc(NC(C)=O)cc3)O2)c(Cl)c1. The minimum absolute atomic E-state index is 0.0734. The van der Waals surface area contributed by atoms with Crippen LogP contribution in [0.5, 0.6) is 5.75 Å². The second kappa shape index (κ2) is 9.50. The van der Waals surface area contributed by atoms with E-state index in [-0.39, 0.29) is 12.0 Å². The molecule has 5 nitrogen and oxygen atoms in total. The zero-order valence-electron chi connectivity index (χ0n) is 15.5. The number of halogens is 2. The molecule has 1 N–H and O–H groups in total. The van der Waals surface area contributed by atoms with Crippen molar-refractivity contribution in [3.8, 4) is 5.75 Å². The Balaban J connectivity index is 1.63. The first kappa shape index (κ1) is 21.5. The van der Waals surface area contributed by atoms with Gasteiger partial charge in [0.1, 0.15) is 5.75 Å². The van der Waals surface area contributed by atoms with Gasteiger partial charge in [0.05, 0.1) is 30.2 Å². The summed E-state index contributed by atoms with van der Waals surface area (Å²) in [4.78, 5) is 12.2. The molecule has 1 saturated heterocycles. The van der Waals surface area contributed by atoms with E-state index in [1.165, 1.54) is 6.92 Å². The van der Waals surface area contributed by atoms with Gasteiger partial charge in [0, 0.05) is 28.8 Å². The van der Waals surface area contributed by atoms with Crippen molar-refractivity contribution in [2.75, 3.05) is 30.1 Å². The molecule has 0 bridgehead atoms. The fourth-order valence-corrected chi connectivity index (χ4v) is 4.67. The molecular weight excluding hydrogens is 466 g/mol. The molecule has 3 rings (SSSR count). The number of thioether (sulfide) groups is 1. The Labute approximate surface area is 182 Å². The van der Waals surface area contributed by atoms with Crippen LogP contribution in [0.3, 0.4) is 0 Å². The fourth-order valence-electron chi connectivity index (χ4n) is 2.89. The van der Waals surface area contributed by atoms with Gasteiger partial charge in [0.2, 0.25) is 11.7 Å². The number of hydrogen-bond acceptors (Lipinski definition) is 5. The predicted octanol–water partition coefficient (Wildman–Crippen LogP) is 5.06. The van der Waals surface area contributed by atoms with Crippen molar-refractivity contribution in [3.05, 3.63) is 53.1 Å². The van der Waals surface area contributed by atoms with Crippen LogP contribution >= 0.6 is 39.3 Å². The molecule has 28 heavy (non-hydrogen) atoms. The highest BCUT2D eigenvalue weighted by Crippen LogP contribution is 2.41. The number of anilines is 1. The molecule has 0 radical (unpaired) electrons. The normalized spacial score (nSPS) is 21.5. The molecule has 1 amide bonds. The molecule has 2 atom stereocenters. The smallest absolute Gasteiger partial charge is 0.221 e. The summed E-state index contributed by atoms with van der Waals surface area (Å²) in [7, 11) is 1.60. The third kappa shape index (κ3) is 5.02. The first-order valence-electron chi connectivity index (χ1n) is 8.68. The highest BCUT2D eigenvalue weighted by molar-refractivity contribution is 9.09. The van der Waals surface area contributed by atoms with Crippen molar-refractivity contribution in [1.29, 1.82) is 0 Å². The van der Waals surface area contributed by atoms with E-state index >= 15 is 0 Å². The molecule has 1 aliphatic heterocycles. The van der Waals surface area contributed by atoms with Gasteiger partial charge in [-0.3, -0.25) is 4.79 Å². The molecule has 2 unspecified atom stereocenters. The van der Waals surface area contributed by atoms with E-state index in [1.54, 1.807) is 24.9 Å². The van der Waals surface area contributed by atoms with E-state index < -0.39 is 5.79 Å². The molecule has 1 aliphatic rings. The molecule has 0 aliphatic carbocycles. The number of rotatable bonds is 7. The van der Waals surface area contributed by atoms with Crippen LogP contribution in [0.25, 0.3) is 0 Å². The van der Waals surface area contributed by atoms with Crippen molar-refractivity contribution in [2.24, 2.45) is 0 Å². The molecule has 2 aromatic rings. The lowest BCUT2D eigenvalue weighted by molar-refractivity contribution is -0.154. The summed E-state index contributed by atoms with van der Waals surface area (Å²) in [6.45, 7) is 1.97. The first-order chi connectivity index (χ1) is 13.5. The Morgan fingerprint density at radius 1 is 1.36 bits per heavy atom. The van der Waals surface area contributed by atoms with Gasteiger partial charge in [0.15, 0.2) is 0 Å². The number of benzene rings is 2. The topological polar surface area (TPSA) is 56.8 Å². The quantitative estimate of drug-likeness (QED) is 0.438. The minimum atomic E-state index is -0.913. The Morgan fingerprint density at radius 2 is 2.11 bits per heavy atom. The van der Waals surface area contributed by atoms with Gasteiger partial charge in [-0.05, 0) is 42.5 Å². The summed E-state index contributed by atoms with van der Waals surface area (Å²) in [5, 5.41) is 3.77. The maximum absolute atomic E-state index is 11.1. The van der Waals surface area contributed by atoms with Crippen LogP contribution in [0, 0.1) is 0 Å². The molecule has 1 heterocycles. The lowest BCUT2D eigenvalue weighted by atomic mass is 10.1. The molecule has 8 heteroatoms. The van der Waals surface area contributed by atoms with Crippen molar-refractivity contribution in [1.82, 2.24) is 0 Å². The molecule has 0 spiro atoms. The van der Waals surface area contributed by atoms with E-state index in [0.717, 1.165) is 21.9 Å². The molecule has 150 valence electrons. The number of alkyl halides is 1. The summed E-state index contributed by atoms with van der Waals surface area (Å²) in [6, 6.07) is 13.2. The third-order valence-electron chi connectivity index (χ3n) is 4.23. The van der Waals surface area contributed by atoms with Crippen LogP contribution in [-0.4, -0.2) is 36.8 Å². The summed E-state index contributed by atoms with van der Waals surface area (Å²) < 4.78 is 17.5. The highest BCUT2D eigenvalue weighted by atomic mass is 79.9. The average Bonchev–Trinajstić information content (AvgIpc) is 3.11. The van der Waals surface area contributed by atoms with Crippen molar-refractivity contribution in [3.63, 3.8) is 0 Å². The molecule has 0 aromatic heterocycles. The number of hydrogen-bond donors (Lipinski definition) is 1. The van der Waals surface area contributed by atoms with Gasteiger partial charge >= 0.3 is 0 Å². The maximum Gasteiger partial charge on any atom is 0.221 e. The van der Waals surface area contributed by atoms with Crippen LogP contribution in [0.2, 0.25) is 5.02 Å². The first-order valence-corrected chi connectivity index (χ1v) is 11.2. The van der Waals surface area contributed by atoms with Crippen LogP contribution in [0.1, 0.15) is 12.5 Å². The number of nitrogens with one attached hydrogen (secondary N) is 1. The number of methoxy groups -OCH3 is 1. The Morgan fingerprint density at radius 3 is 2.71 bits per heavy atom. The second-order valence-electron chi connectivity index (χ2n) is 6.30. The number of carbonyl (C=O) groups is 1. The molecule has 1 fully saturated rings. The van der Waals surface area contributed by atoms with Gasteiger partial charge in [0.25, 0.3) is 0 Å². The summed E-state index contributed by atoms with van der Waals surface area (Å²) >= 11 is 11.6. The van der Waals surface area contributed by atoms with E-state index in [2.05, 4.69) is 21.2 Å². The van der Waals surface area contributed by atoms with Crippen molar-refractivity contribution >= 4 is 50.9 Å². The standard InChI is InChI=1S/C20H21BrClNO4S/c1-13(24)23-14-3-6-17(7-4-14)28-11-16-10-26-20(12-21,27-16)18-8-5-15(25-2)9-19(18)22/h3-9,16H,10-12H2,1-2H3,(H,23,24). The van der Waals surface area contributed by atoms with Crippen molar-refractivity contribution < 1.29 is 19.0 Å². The number of carbonyl (C=O) groups excluding carboxylic acids is 1. The van der Waals surface area contributed by atoms with Crippen molar-refractivity contribution in [2.45, 2.75) is 23.7 Å². The minimum Gasteiger partial charge on any atom is -0.497 e. The maximum atomic E-state index is 11.1. The molecule has 0 saturated carbocycles. The average molecular weight is 487 g/mol. The lowest BCUT2D eigenvalue weighted by Crippen LogP contribution is -2.30. The summed E-state index contributed by atoms with van der Waals surface area (Å²) in [6.07, 6.45) is -0.0734. The number of ether oxygens (including phenoxy) is 3. The second-order valence-corrected chi connectivity index (χ2v) is 8.36. The van der Waals surface area contributed by atoms with Crippen LogP contribution in [0.15, 0.2) is 47.4 Å². The zero-order chi connectivity index (χ0) is 20.1. The Kier molecular flexibility index (Phi) is 7.28. The summed E-state index contributed by atoms with van der Waals surface area (Å²) in [5.74, 6) is 0.428. The number of amides is 1. The third-order valence-corrected chi connectivity index (χ3v) is 6.43. The predicted molar refractivity (Wildman–Crippen MR) is 116 cm³/mol. The van der Waals surface area contributed by atoms with Gasteiger partial charge in [-0.1, -0.05) is 27.5 Å². The molecular formula is C20H21BrClNO4S. The van der Waals surface area contributed by atoms with Gasteiger partial charge in [-0.2, -0.15) is 0 Å². The fraction of sp³-hybridized carbons (Fsp3) is 0.350. The lowest BCUT2D eigenvalue weighted by Gasteiger charge is -2.27. The monoisotopic (exact) mass is 485 g/mol. The zero-order valence-corrected chi connectivity index (χ0v) is 18.7. The Bertz CT molecular complexity index is 835. The summed E-state index contributed by atoms with van der Waals surface area (Å²) in [5.41, 5.74) is 1.56. The Hall–Kier alpha value is -1.25. The largest absolute Gasteiger partial charge is 0.497 e. The van der Waals surface area contributed by atoms with Crippen LogP contribution in [0.4, 0.5) is 5.69 Å². The van der Waals surface area contributed by atoms with Crippen LogP contribution in [-0.2, 0) is 20.1 Å². The van der Waals surface area contributed by atoms with Gasteiger partial charge < -0.3 is 19.5 Å². The molecule has 2 aromatic carbocycles. The van der Waals surface area contributed by atoms with Gasteiger partial charge in [-0.15, -0.1) is 11.8 Å². The highest BCUT2D eigenvalue weighted by Gasteiger charge is 2.43.